The summed E-state index contributed by atoms with van der Waals surface area (Å²) in [7, 11) is 1.63. The molecular formula is C13H25NO3. The van der Waals surface area contributed by atoms with E-state index in [9.17, 15) is 9.90 Å². The molecule has 0 bridgehead atoms. The second kappa shape index (κ2) is 6.97. The van der Waals surface area contributed by atoms with Crippen molar-refractivity contribution in [3.05, 3.63) is 0 Å². The quantitative estimate of drug-likeness (QED) is 0.742. The van der Waals surface area contributed by atoms with E-state index in [2.05, 4.69) is 5.32 Å². The largest absolute Gasteiger partial charge is 0.388 e. The van der Waals surface area contributed by atoms with E-state index in [0.29, 0.717) is 13.2 Å². The average molecular weight is 243 g/mol. The molecule has 0 aromatic heterocycles. The van der Waals surface area contributed by atoms with Crippen LogP contribution in [0.1, 0.15) is 45.4 Å². The Morgan fingerprint density at radius 1 is 1.41 bits per heavy atom. The van der Waals surface area contributed by atoms with E-state index < -0.39 is 5.60 Å². The van der Waals surface area contributed by atoms with Crippen molar-refractivity contribution in [2.75, 3.05) is 20.3 Å². The lowest BCUT2D eigenvalue weighted by atomic mass is 9.85. The zero-order chi connectivity index (χ0) is 12.7. The van der Waals surface area contributed by atoms with Crippen molar-refractivity contribution in [1.29, 1.82) is 0 Å². The molecule has 1 amide bonds. The normalized spacial score (nSPS) is 20.9. The van der Waals surface area contributed by atoms with Crippen LogP contribution in [0.15, 0.2) is 0 Å². The molecule has 2 N–H and O–H groups in total. The molecule has 0 radical (unpaired) electrons. The fourth-order valence-electron chi connectivity index (χ4n) is 2.24. The Balaban J connectivity index is 2.26. The van der Waals surface area contributed by atoms with Crippen LogP contribution in [0.2, 0.25) is 0 Å². The molecule has 1 unspecified atom stereocenters. The molecule has 0 heterocycles. The first kappa shape index (κ1) is 14.5. The van der Waals surface area contributed by atoms with Crippen LogP contribution in [0.4, 0.5) is 0 Å². The van der Waals surface area contributed by atoms with Crippen LogP contribution in [0.25, 0.3) is 0 Å². The van der Waals surface area contributed by atoms with Gasteiger partial charge in [-0.1, -0.05) is 26.2 Å². The number of carbonyl (C=O) groups is 1. The summed E-state index contributed by atoms with van der Waals surface area (Å²) in [6, 6.07) is 0. The molecule has 1 atom stereocenters. The molecule has 0 aliphatic heterocycles. The minimum atomic E-state index is -0.672. The van der Waals surface area contributed by atoms with Gasteiger partial charge in [-0.25, -0.2) is 0 Å². The Morgan fingerprint density at radius 3 is 2.65 bits per heavy atom. The van der Waals surface area contributed by atoms with E-state index in [1.165, 1.54) is 6.42 Å². The van der Waals surface area contributed by atoms with Crippen LogP contribution in [0.5, 0.6) is 0 Å². The van der Waals surface area contributed by atoms with Crippen LogP contribution in [-0.2, 0) is 9.53 Å². The maximum absolute atomic E-state index is 11.8. The van der Waals surface area contributed by atoms with Crippen LogP contribution < -0.4 is 5.32 Å². The Bertz CT molecular complexity index is 237. The third-order valence-electron chi connectivity index (χ3n) is 3.58. The molecule has 0 spiro atoms. The van der Waals surface area contributed by atoms with Gasteiger partial charge in [-0.15, -0.1) is 0 Å². The van der Waals surface area contributed by atoms with Crippen molar-refractivity contribution in [1.82, 2.24) is 5.32 Å². The van der Waals surface area contributed by atoms with Gasteiger partial charge in [0.15, 0.2) is 0 Å². The standard InChI is InChI=1S/C13H25NO3/c1-11(6-9-17-2)12(15)14-10-13(16)7-4-3-5-8-13/h11,16H,3-10H2,1-2H3,(H,14,15). The minimum absolute atomic E-state index is 0.0149. The van der Waals surface area contributed by atoms with Crippen LogP contribution in [0, 0.1) is 5.92 Å². The lowest BCUT2D eigenvalue weighted by Crippen LogP contribution is -2.45. The first-order chi connectivity index (χ1) is 8.07. The highest BCUT2D eigenvalue weighted by Gasteiger charge is 2.29. The van der Waals surface area contributed by atoms with Gasteiger partial charge in [0, 0.05) is 26.2 Å². The maximum Gasteiger partial charge on any atom is 0.223 e. The fraction of sp³-hybridized carbons (Fsp3) is 0.923. The molecule has 0 saturated heterocycles. The van der Waals surface area contributed by atoms with Gasteiger partial charge in [0.25, 0.3) is 0 Å². The van der Waals surface area contributed by atoms with Crippen LogP contribution in [-0.4, -0.2) is 36.9 Å². The molecule has 1 rings (SSSR count). The average Bonchev–Trinajstić information content (AvgIpc) is 2.34. The summed E-state index contributed by atoms with van der Waals surface area (Å²) in [5, 5.41) is 13.1. The van der Waals surface area contributed by atoms with E-state index in [1.54, 1.807) is 7.11 Å². The Labute approximate surface area is 104 Å². The zero-order valence-electron chi connectivity index (χ0n) is 11.0. The predicted molar refractivity (Wildman–Crippen MR) is 66.7 cm³/mol. The SMILES string of the molecule is COCCC(C)C(=O)NCC1(O)CCCCC1. The van der Waals surface area contributed by atoms with E-state index in [1.807, 2.05) is 6.92 Å². The first-order valence-electron chi connectivity index (χ1n) is 6.56. The highest BCUT2D eigenvalue weighted by molar-refractivity contribution is 5.78. The van der Waals surface area contributed by atoms with Gasteiger partial charge in [-0.3, -0.25) is 4.79 Å². The van der Waals surface area contributed by atoms with Crippen molar-refractivity contribution in [2.45, 2.75) is 51.0 Å². The third kappa shape index (κ3) is 5.04. The Morgan fingerprint density at radius 2 is 2.06 bits per heavy atom. The lowest BCUT2D eigenvalue weighted by Gasteiger charge is -2.32. The summed E-state index contributed by atoms with van der Waals surface area (Å²) in [5.74, 6) is -0.0387. The van der Waals surface area contributed by atoms with Gasteiger partial charge >= 0.3 is 0 Å². The zero-order valence-corrected chi connectivity index (χ0v) is 11.0. The second-order valence-electron chi connectivity index (χ2n) is 5.19. The molecule has 4 heteroatoms. The summed E-state index contributed by atoms with van der Waals surface area (Å²) < 4.78 is 4.95. The van der Waals surface area contributed by atoms with E-state index in [4.69, 9.17) is 4.74 Å². The van der Waals surface area contributed by atoms with Gasteiger partial charge in [0.2, 0.25) is 5.91 Å². The number of hydrogen-bond donors (Lipinski definition) is 2. The Hall–Kier alpha value is -0.610. The van der Waals surface area contributed by atoms with Crippen molar-refractivity contribution >= 4 is 5.91 Å². The number of ether oxygens (including phenoxy) is 1. The van der Waals surface area contributed by atoms with Crippen LogP contribution in [0.3, 0.4) is 0 Å². The van der Waals surface area contributed by atoms with Crippen molar-refractivity contribution in [3.8, 4) is 0 Å². The van der Waals surface area contributed by atoms with E-state index in [-0.39, 0.29) is 11.8 Å². The molecule has 1 fully saturated rings. The summed E-state index contributed by atoms with van der Waals surface area (Å²) in [5.41, 5.74) is -0.672. The highest BCUT2D eigenvalue weighted by Crippen LogP contribution is 2.27. The van der Waals surface area contributed by atoms with Gasteiger partial charge in [0.05, 0.1) is 5.60 Å². The lowest BCUT2D eigenvalue weighted by molar-refractivity contribution is -0.126. The van der Waals surface area contributed by atoms with Gasteiger partial charge < -0.3 is 15.2 Å². The molecule has 0 aromatic carbocycles. The molecule has 4 nitrogen and oxygen atoms in total. The summed E-state index contributed by atoms with van der Waals surface area (Å²) in [4.78, 5) is 11.8. The molecule has 1 aliphatic rings. The molecule has 0 aromatic rings. The number of methoxy groups -OCH3 is 1. The molecule has 17 heavy (non-hydrogen) atoms. The van der Waals surface area contributed by atoms with E-state index >= 15 is 0 Å². The number of nitrogens with one attached hydrogen (secondary N) is 1. The summed E-state index contributed by atoms with van der Waals surface area (Å²) >= 11 is 0. The maximum atomic E-state index is 11.8. The smallest absolute Gasteiger partial charge is 0.223 e. The number of amides is 1. The van der Waals surface area contributed by atoms with Gasteiger partial charge in [-0.2, -0.15) is 0 Å². The minimum Gasteiger partial charge on any atom is -0.388 e. The van der Waals surface area contributed by atoms with E-state index in [0.717, 1.165) is 32.1 Å². The van der Waals surface area contributed by atoms with Crippen LogP contribution >= 0.6 is 0 Å². The van der Waals surface area contributed by atoms with Crippen molar-refractivity contribution in [3.63, 3.8) is 0 Å². The fourth-order valence-corrected chi connectivity index (χ4v) is 2.24. The second-order valence-corrected chi connectivity index (χ2v) is 5.19. The third-order valence-corrected chi connectivity index (χ3v) is 3.58. The molecule has 1 saturated carbocycles. The predicted octanol–water partition coefficient (Wildman–Crippen LogP) is 1.47. The topological polar surface area (TPSA) is 58.6 Å². The molecular weight excluding hydrogens is 218 g/mol. The first-order valence-corrected chi connectivity index (χ1v) is 6.56. The van der Waals surface area contributed by atoms with Crippen molar-refractivity contribution in [2.24, 2.45) is 5.92 Å². The van der Waals surface area contributed by atoms with Gasteiger partial charge in [-0.05, 0) is 19.3 Å². The highest BCUT2D eigenvalue weighted by atomic mass is 16.5. The Kier molecular flexibility index (Phi) is 5.92. The summed E-state index contributed by atoms with van der Waals surface area (Å²) in [6.07, 6.45) is 5.65. The number of carbonyl (C=O) groups excluding carboxylic acids is 1. The molecule has 1 aliphatic carbocycles. The number of aliphatic hydroxyl groups is 1. The number of hydrogen-bond acceptors (Lipinski definition) is 3. The van der Waals surface area contributed by atoms with Crippen molar-refractivity contribution < 1.29 is 14.6 Å². The monoisotopic (exact) mass is 243 g/mol. The molecule has 100 valence electrons. The number of rotatable bonds is 6. The van der Waals surface area contributed by atoms with Gasteiger partial charge in [0.1, 0.15) is 0 Å². The summed E-state index contributed by atoms with van der Waals surface area (Å²) in [6.45, 7) is 2.88.